The van der Waals surface area contributed by atoms with E-state index in [1.807, 2.05) is 25.7 Å². The second-order valence-corrected chi connectivity index (χ2v) is 11.0. The third-order valence-electron chi connectivity index (χ3n) is 6.82. The SMILES string of the molecule is CC(C)N1CC2CCC(C1)N2.CC(C)N1CC2CCC(C1)N2C(=O)OC(C)(C)C.Cl.Cl.Cl. The average Bonchev–Trinajstić information content (AvgIpc) is 3.08. The molecule has 0 saturated carbocycles. The van der Waals surface area contributed by atoms with Gasteiger partial charge in [0, 0.05) is 62.4 Å². The second-order valence-electron chi connectivity index (χ2n) is 11.0. The van der Waals surface area contributed by atoms with Crippen LogP contribution in [0, 0.1) is 0 Å². The summed E-state index contributed by atoms with van der Waals surface area (Å²) < 4.78 is 5.52. The minimum absolute atomic E-state index is 0. The lowest BCUT2D eigenvalue weighted by atomic mass is 10.1. The van der Waals surface area contributed by atoms with Crippen LogP contribution >= 0.6 is 37.2 Å². The van der Waals surface area contributed by atoms with Crippen molar-refractivity contribution in [2.75, 3.05) is 26.2 Å². The van der Waals surface area contributed by atoms with Crippen molar-refractivity contribution in [3.05, 3.63) is 0 Å². The highest BCUT2D eigenvalue weighted by Crippen LogP contribution is 2.32. The fourth-order valence-corrected chi connectivity index (χ4v) is 5.22. The Bertz CT molecular complexity index is 548. The predicted octanol–water partition coefficient (Wildman–Crippen LogP) is 4.57. The number of hydrogen-bond donors (Lipinski definition) is 1. The van der Waals surface area contributed by atoms with E-state index in [1.165, 1.54) is 25.9 Å². The Morgan fingerprint density at radius 1 is 0.781 bits per heavy atom. The van der Waals surface area contributed by atoms with E-state index in [9.17, 15) is 4.79 Å². The number of nitrogens with zero attached hydrogens (tertiary/aromatic N) is 3. The smallest absolute Gasteiger partial charge is 0.410 e. The van der Waals surface area contributed by atoms with E-state index in [0.29, 0.717) is 18.1 Å². The maximum atomic E-state index is 12.2. The molecule has 4 bridgehead atoms. The van der Waals surface area contributed by atoms with Crippen LogP contribution in [0.4, 0.5) is 4.79 Å². The minimum atomic E-state index is -0.397. The Hall–Kier alpha value is 0.0200. The zero-order chi connectivity index (χ0) is 21.3. The molecule has 4 heterocycles. The van der Waals surface area contributed by atoms with Crippen LogP contribution in [0.3, 0.4) is 0 Å². The lowest BCUT2D eigenvalue weighted by molar-refractivity contribution is -0.00865. The summed E-state index contributed by atoms with van der Waals surface area (Å²) in [7, 11) is 0. The van der Waals surface area contributed by atoms with E-state index < -0.39 is 5.60 Å². The van der Waals surface area contributed by atoms with Crippen molar-refractivity contribution in [1.29, 1.82) is 0 Å². The Morgan fingerprint density at radius 2 is 1.19 bits per heavy atom. The molecule has 4 aliphatic heterocycles. The molecule has 32 heavy (non-hydrogen) atoms. The molecule has 1 N–H and O–H groups in total. The first kappa shape index (κ1) is 32.0. The van der Waals surface area contributed by atoms with Crippen molar-refractivity contribution in [2.24, 2.45) is 0 Å². The molecule has 4 aliphatic rings. The molecule has 0 aromatic heterocycles. The topological polar surface area (TPSA) is 48.0 Å². The Kier molecular flexibility index (Phi) is 13.2. The van der Waals surface area contributed by atoms with Crippen molar-refractivity contribution in [1.82, 2.24) is 20.0 Å². The molecule has 4 rings (SSSR count). The van der Waals surface area contributed by atoms with Crippen LogP contribution in [-0.2, 0) is 4.74 Å². The summed E-state index contributed by atoms with van der Waals surface area (Å²) >= 11 is 0. The molecule has 4 fully saturated rings. The van der Waals surface area contributed by atoms with Crippen LogP contribution < -0.4 is 5.32 Å². The van der Waals surface area contributed by atoms with Gasteiger partial charge < -0.3 is 10.1 Å². The maximum Gasteiger partial charge on any atom is 0.410 e. The highest BCUT2D eigenvalue weighted by atomic mass is 35.5. The summed E-state index contributed by atoms with van der Waals surface area (Å²) in [6, 6.07) is 3.60. The molecule has 192 valence electrons. The highest BCUT2D eigenvalue weighted by molar-refractivity contribution is 5.86. The summed E-state index contributed by atoms with van der Waals surface area (Å²) in [4.78, 5) is 19.3. The van der Waals surface area contributed by atoms with Gasteiger partial charge in [-0.2, -0.15) is 0 Å². The summed E-state index contributed by atoms with van der Waals surface area (Å²) in [5.74, 6) is 0. The van der Waals surface area contributed by atoms with Gasteiger partial charge in [-0.1, -0.05) is 0 Å². The zero-order valence-electron chi connectivity index (χ0n) is 21.0. The number of piperazine rings is 2. The largest absolute Gasteiger partial charge is 0.444 e. The van der Waals surface area contributed by atoms with Gasteiger partial charge in [0.2, 0.25) is 0 Å². The highest BCUT2D eigenvalue weighted by Gasteiger charge is 2.44. The molecular weight excluding hydrogens is 471 g/mol. The van der Waals surface area contributed by atoms with Gasteiger partial charge in [0.15, 0.2) is 0 Å². The van der Waals surface area contributed by atoms with Crippen LogP contribution in [-0.4, -0.2) is 88.8 Å². The summed E-state index contributed by atoms with van der Waals surface area (Å²) in [6.45, 7) is 19.4. The van der Waals surface area contributed by atoms with Gasteiger partial charge in [0.05, 0.1) is 0 Å². The summed E-state index contributed by atoms with van der Waals surface area (Å²) in [5.41, 5.74) is -0.397. The quantitative estimate of drug-likeness (QED) is 0.581. The maximum absolute atomic E-state index is 12.2. The zero-order valence-corrected chi connectivity index (χ0v) is 23.5. The Balaban J connectivity index is 0.000000598. The first-order valence-electron chi connectivity index (χ1n) is 11.8. The Morgan fingerprint density at radius 3 is 1.56 bits per heavy atom. The molecule has 0 aromatic rings. The lowest BCUT2D eigenvalue weighted by Gasteiger charge is -2.42. The fourth-order valence-electron chi connectivity index (χ4n) is 5.22. The van der Waals surface area contributed by atoms with Crippen molar-refractivity contribution in [3.8, 4) is 0 Å². The van der Waals surface area contributed by atoms with Gasteiger partial charge in [-0.3, -0.25) is 14.7 Å². The number of amides is 1. The number of likely N-dealkylation sites (tertiary alicyclic amines) is 2. The van der Waals surface area contributed by atoms with Crippen molar-refractivity contribution in [3.63, 3.8) is 0 Å². The molecule has 0 radical (unpaired) electrons. The Labute approximate surface area is 214 Å². The van der Waals surface area contributed by atoms with E-state index in [2.05, 4.69) is 42.8 Å². The van der Waals surface area contributed by atoms with Gasteiger partial charge in [0.25, 0.3) is 0 Å². The number of hydrogen-bond acceptors (Lipinski definition) is 5. The van der Waals surface area contributed by atoms with Crippen LogP contribution in [0.5, 0.6) is 0 Å². The number of ether oxygens (including phenoxy) is 1. The molecule has 4 saturated heterocycles. The standard InChI is InChI=1S/C14H26N2O2.C9H18N2.3ClH/c1-10(2)15-8-11-6-7-12(9-15)16(11)13(17)18-14(3,4)5;1-7(2)11-5-8-3-4-9(6-11)10-8;;;/h10-12H,6-9H2,1-5H3;7-10H,3-6H2,1-2H3;3*1H. The van der Waals surface area contributed by atoms with E-state index in [-0.39, 0.29) is 43.3 Å². The molecule has 4 unspecified atom stereocenters. The first-order chi connectivity index (χ1) is 13.5. The number of rotatable bonds is 2. The summed E-state index contributed by atoms with van der Waals surface area (Å²) in [6.07, 6.45) is 4.90. The van der Waals surface area contributed by atoms with Crippen molar-refractivity contribution in [2.45, 2.75) is 116 Å². The lowest BCUT2D eigenvalue weighted by Crippen LogP contribution is -2.58. The van der Waals surface area contributed by atoms with Crippen LogP contribution in [0.15, 0.2) is 0 Å². The third-order valence-corrected chi connectivity index (χ3v) is 6.82. The summed E-state index contributed by atoms with van der Waals surface area (Å²) in [5, 5.41) is 3.63. The van der Waals surface area contributed by atoms with Crippen LogP contribution in [0.25, 0.3) is 0 Å². The van der Waals surface area contributed by atoms with Gasteiger partial charge in [-0.25, -0.2) is 4.79 Å². The monoisotopic (exact) mass is 516 g/mol. The molecule has 1 amide bonds. The molecule has 6 nitrogen and oxygen atoms in total. The normalized spacial score (nSPS) is 29.5. The van der Waals surface area contributed by atoms with Crippen LogP contribution in [0.1, 0.15) is 74.1 Å². The molecule has 9 heteroatoms. The number of halogens is 3. The van der Waals surface area contributed by atoms with Gasteiger partial charge in [0.1, 0.15) is 5.60 Å². The number of nitrogens with one attached hydrogen (secondary N) is 1. The van der Waals surface area contributed by atoms with Crippen LogP contribution in [0.2, 0.25) is 0 Å². The number of carbonyl (C=O) groups excluding carboxylic acids is 1. The number of fused-ring (bicyclic) bond motifs is 4. The molecule has 0 aliphatic carbocycles. The second kappa shape index (κ2) is 13.2. The minimum Gasteiger partial charge on any atom is -0.444 e. The van der Waals surface area contributed by atoms with E-state index >= 15 is 0 Å². The number of carbonyl (C=O) groups is 1. The van der Waals surface area contributed by atoms with Gasteiger partial charge >= 0.3 is 6.09 Å². The van der Waals surface area contributed by atoms with Gasteiger partial charge in [-0.15, -0.1) is 37.2 Å². The molecule has 0 aromatic carbocycles. The van der Waals surface area contributed by atoms with Crippen molar-refractivity contribution >= 4 is 43.3 Å². The molecule has 0 spiro atoms. The molecular formula is C23H47Cl3N4O2. The van der Waals surface area contributed by atoms with E-state index in [1.54, 1.807) is 0 Å². The molecule has 4 atom stereocenters. The predicted molar refractivity (Wildman–Crippen MR) is 140 cm³/mol. The average molecular weight is 518 g/mol. The fraction of sp³-hybridized carbons (Fsp3) is 0.957. The van der Waals surface area contributed by atoms with Crippen molar-refractivity contribution < 1.29 is 9.53 Å². The van der Waals surface area contributed by atoms with E-state index in [0.717, 1.165) is 44.1 Å². The van der Waals surface area contributed by atoms with Gasteiger partial charge in [-0.05, 0) is 74.1 Å². The third kappa shape index (κ3) is 8.35. The first-order valence-corrected chi connectivity index (χ1v) is 11.8. The van der Waals surface area contributed by atoms with E-state index in [4.69, 9.17) is 4.74 Å².